The third-order valence-corrected chi connectivity index (χ3v) is 4.96. The zero-order valence-electron chi connectivity index (χ0n) is 16.5. The Morgan fingerprint density at radius 2 is 2.00 bits per heavy atom. The molecule has 0 aromatic heterocycles. The lowest BCUT2D eigenvalue weighted by molar-refractivity contribution is -0.120. The summed E-state index contributed by atoms with van der Waals surface area (Å²) in [7, 11) is 0. The number of rotatable bonds is 2. The molecule has 0 aliphatic carbocycles. The summed E-state index contributed by atoms with van der Waals surface area (Å²) >= 11 is 0. The number of amides is 3. The van der Waals surface area contributed by atoms with Crippen LogP contribution in [0.4, 0.5) is 16.2 Å². The topological polar surface area (TPSA) is 87.7 Å². The van der Waals surface area contributed by atoms with Gasteiger partial charge in [0.05, 0.1) is 5.41 Å². The Bertz CT molecular complexity index is 795. The molecule has 0 bridgehead atoms. The van der Waals surface area contributed by atoms with E-state index in [-0.39, 0.29) is 11.8 Å². The van der Waals surface area contributed by atoms with E-state index >= 15 is 0 Å². The number of likely N-dealkylation sites (tertiary alicyclic amines) is 1. The Hall–Kier alpha value is -2.57. The Morgan fingerprint density at radius 1 is 1.30 bits per heavy atom. The summed E-state index contributed by atoms with van der Waals surface area (Å²) < 4.78 is 5.41. The molecule has 3 rings (SSSR count). The van der Waals surface area contributed by atoms with Crippen LogP contribution < -0.4 is 10.6 Å². The van der Waals surface area contributed by atoms with Crippen molar-refractivity contribution < 1.29 is 19.1 Å². The lowest BCUT2D eigenvalue weighted by atomic mass is 9.86. The summed E-state index contributed by atoms with van der Waals surface area (Å²) in [6.45, 7) is 9.61. The van der Waals surface area contributed by atoms with Gasteiger partial charge in [-0.2, -0.15) is 0 Å². The lowest BCUT2D eigenvalue weighted by Gasteiger charge is -2.28. The number of anilines is 2. The molecule has 0 saturated carbocycles. The van der Waals surface area contributed by atoms with Crippen LogP contribution in [-0.4, -0.2) is 41.0 Å². The molecule has 7 heteroatoms. The second-order valence-electron chi connectivity index (χ2n) is 8.66. The number of ether oxygens (including phenoxy) is 1. The van der Waals surface area contributed by atoms with Gasteiger partial charge in [0.25, 0.3) is 0 Å². The van der Waals surface area contributed by atoms with Gasteiger partial charge >= 0.3 is 6.09 Å². The predicted octanol–water partition coefficient (Wildman–Crippen LogP) is 3.25. The molecular weight excluding hydrogens is 346 g/mol. The fourth-order valence-corrected chi connectivity index (χ4v) is 3.45. The van der Waals surface area contributed by atoms with Crippen molar-refractivity contribution in [2.75, 3.05) is 17.2 Å². The summed E-state index contributed by atoms with van der Waals surface area (Å²) in [5, 5.41) is 5.73. The number of nitrogens with one attached hydrogen (secondary N) is 2. The SMILES string of the molecule is CC(C)(C)OC(=O)N1CCCC1C(=O)Nc1ccc2c(c1)C(C)(C)C(=O)N2. The maximum absolute atomic E-state index is 12.8. The second-order valence-corrected chi connectivity index (χ2v) is 8.66. The van der Waals surface area contributed by atoms with E-state index in [1.165, 1.54) is 4.90 Å². The van der Waals surface area contributed by atoms with Gasteiger partial charge in [-0.3, -0.25) is 14.5 Å². The average molecular weight is 373 g/mol. The standard InChI is InChI=1S/C20H27N3O4/c1-19(2,3)27-18(26)23-10-6-7-15(23)16(24)21-12-8-9-14-13(11-12)20(4,5)17(25)22-14/h8-9,11,15H,6-7,10H2,1-5H3,(H,21,24)(H,22,25). The highest BCUT2D eigenvalue weighted by Gasteiger charge is 2.39. The lowest BCUT2D eigenvalue weighted by Crippen LogP contribution is -2.45. The van der Waals surface area contributed by atoms with Crippen LogP contribution >= 0.6 is 0 Å². The van der Waals surface area contributed by atoms with Gasteiger partial charge in [-0.15, -0.1) is 0 Å². The van der Waals surface area contributed by atoms with Crippen molar-refractivity contribution in [3.8, 4) is 0 Å². The molecule has 1 unspecified atom stereocenters. The first-order valence-electron chi connectivity index (χ1n) is 9.25. The van der Waals surface area contributed by atoms with Crippen LogP contribution in [0, 0.1) is 0 Å². The summed E-state index contributed by atoms with van der Waals surface area (Å²) in [6.07, 6.45) is 0.888. The molecule has 27 heavy (non-hydrogen) atoms. The van der Waals surface area contributed by atoms with Gasteiger partial charge < -0.3 is 15.4 Å². The third kappa shape index (κ3) is 3.77. The van der Waals surface area contributed by atoms with Crippen LogP contribution in [0.1, 0.15) is 53.0 Å². The van der Waals surface area contributed by atoms with Gasteiger partial charge in [-0.1, -0.05) is 0 Å². The van der Waals surface area contributed by atoms with Gasteiger partial charge in [0.15, 0.2) is 0 Å². The minimum atomic E-state index is -0.647. The third-order valence-electron chi connectivity index (χ3n) is 4.96. The van der Waals surface area contributed by atoms with Crippen molar-refractivity contribution in [1.82, 2.24) is 4.90 Å². The Morgan fingerprint density at radius 3 is 2.67 bits per heavy atom. The molecule has 2 heterocycles. The number of benzene rings is 1. The van der Waals surface area contributed by atoms with Crippen molar-refractivity contribution in [2.24, 2.45) is 0 Å². The minimum Gasteiger partial charge on any atom is -0.444 e. The van der Waals surface area contributed by atoms with Gasteiger partial charge in [0.1, 0.15) is 11.6 Å². The highest BCUT2D eigenvalue weighted by Crippen LogP contribution is 2.38. The number of nitrogens with zero attached hydrogens (tertiary/aromatic N) is 1. The first kappa shape index (κ1) is 19.2. The maximum Gasteiger partial charge on any atom is 0.410 e. The van der Waals surface area contributed by atoms with Gasteiger partial charge in [0, 0.05) is 17.9 Å². The molecule has 1 saturated heterocycles. The number of fused-ring (bicyclic) bond motifs is 1. The highest BCUT2D eigenvalue weighted by molar-refractivity contribution is 6.06. The molecule has 1 aromatic rings. The van der Waals surface area contributed by atoms with E-state index in [1.807, 2.05) is 19.9 Å². The second kappa shape index (κ2) is 6.55. The fraction of sp³-hybridized carbons (Fsp3) is 0.550. The normalized spacial score (nSPS) is 20.9. The van der Waals surface area contributed by atoms with Crippen molar-refractivity contribution in [3.05, 3.63) is 23.8 Å². The van der Waals surface area contributed by atoms with Crippen molar-refractivity contribution >= 4 is 29.3 Å². The van der Waals surface area contributed by atoms with Crippen molar-refractivity contribution in [2.45, 2.75) is 64.5 Å². The summed E-state index contributed by atoms with van der Waals surface area (Å²) in [6, 6.07) is 4.81. The van der Waals surface area contributed by atoms with Crippen LogP contribution in [-0.2, 0) is 19.7 Å². The summed E-state index contributed by atoms with van der Waals surface area (Å²) in [4.78, 5) is 38.7. The highest BCUT2D eigenvalue weighted by atomic mass is 16.6. The van der Waals surface area contributed by atoms with Gasteiger partial charge in [-0.05, 0) is 71.2 Å². The molecule has 146 valence electrons. The van der Waals surface area contributed by atoms with Crippen LogP contribution in [0.5, 0.6) is 0 Å². The van der Waals surface area contributed by atoms with Crippen LogP contribution in [0.3, 0.4) is 0 Å². The zero-order valence-corrected chi connectivity index (χ0v) is 16.5. The number of hydrogen-bond acceptors (Lipinski definition) is 4. The van der Waals surface area contributed by atoms with E-state index in [1.54, 1.807) is 32.9 Å². The fourth-order valence-electron chi connectivity index (χ4n) is 3.45. The Labute approximate surface area is 159 Å². The van der Waals surface area contributed by atoms with Crippen LogP contribution in [0.2, 0.25) is 0 Å². The zero-order chi connectivity index (χ0) is 20.0. The van der Waals surface area contributed by atoms with Crippen molar-refractivity contribution in [3.63, 3.8) is 0 Å². The van der Waals surface area contributed by atoms with E-state index in [9.17, 15) is 14.4 Å². The molecule has 1 fully saturated rings. The maximum atomic E-state index is 12.8. The molecule has 0 radical (unpaired) electrons. The molecule has 2 N–H and O–H groups in total. The van der Waals surface area contributed by atoms with Crippen molar-refractivity contribution in [1.29, 1.82) is 0 Å². The molecule has 1 aromatic carbocycles. The Balaban J connectivity index is 1.73. The first-order valence-corrected chi connectivity index (χ1v) is 9.25. The molecule has 0 spiro atoms. The van der Waals surface area contributed by atoms with E-state index in [2.05, 4.69) is 10.6 Å². The minimum absolute atomic E-state index is 0.0622. The van der Waals surface area contributed by atoms with E-state index in [0.29, 0.717) is 18.7 Å². The number of hydrogen-bond donors (Lipinski definition) is 2. The molecule has 3 amide bonds. The molecular formula is C20H27N3O4. The van der Waals surface area contributed by atoms with Crippen LogP contribution in [0.15, 0.2) is 18.2 Å². The quantitative estimate of drug-likeness (QED) is 0.833. The molecule has 7 nitrogen and oxygen atoms in total. The van der Waals surface area contributed by atoms with Crippen LogP contribution in [0.25, 0.3) is 0 Å². The number of carbonyl (C=O) groups excluding carboxylic acids is 3. The van der Waals surface area contributed by atoms with Gasteiger partial charge in [0.2, 0.25) is 11.8 Å². The molecule has 2 aliphatic rings. The average Bonchev–Trinajstić information content (AvgIpc) is 3.11. The van der Waals surface area contributed by atoms with Gasteiger partial charge in [-0.25, -0.2) is 4.79 Å². The summed E-state index contributed by atoms with van der Waals surface area (Å²) in [5.74, 6) is -0.304. The van der Waals surface area contributed by atoms with E-state index < -0.39 is 23.2 Å². The predicted molar refractivity (Wildman–Crippen MR) is 103 cm³/mol. The molecule has 1 atom stereocenters. The smallest absolute Gasteiger partial charge is 0.410 e. The van der Waals surface area contributed by atoms with E-state index in [4.69, 9.17) is 4.74 Å². The largest absolute Gasteiger partial charge is 0.444 e. The number of carbonyl (C=O) groups is 3. The van der Waals surface area contributed by atoms with E-state index in [0.717, 1.165) is 17.7 Å². The molecule has 2 aliphatic heterocycles. The monoisotopic (exact) mass is 373 g/mol. The first-order chi connectivity index (χ1) is 12.5. The Kier molecular flexibility index (Phi) is 4.66. The summed E-state index contributed by atoms with van der Waals surface area (Å²) in [5.41, 5.74) is 0.969.